The summed E-state index contributed by atoms with van der Waals surface area (Å²) < 4.78 is 9.76. The average Bonchev–Trinajstić information content (AvgIpc) is 2.79. The van der Waals surface area contributed by atoms with Crippen LogP contribution in [0, 0.1) is 5.92 Å². The van der Waals surface area contributed by atoms with Crippen molar-refractivity contribution in [1.82, 2.24) is 4.57 Å². The Labute approximate surface area is 119 Å². The van der Waals surface area contributed by atoms with E-state index in [1.165, 1.54) is 5.56 Å². The maximum Gasteiger partial charge on any atom is 0.245 e. The van der Waals surface area contributed by atoms with Gasteiger partial charge in [-0.1, -0.05) is 37.6 Å². The molecule has 4 heteroatoms. The van der Waals surface area contributed by atoms with E-state index in [1.807, 2.05) is 41.2 Å². The van der Waals surface area contributed by atoms with Gasteiger partial charge in [-0.3, -0.25) is 0 Å². The van der Waals surface area contributed by atoms with Crippen molar-refractivity contribution < 1.29 is 9.30 Å². The molecule has 0 fully saturated rings. The number of imidazole rings is 1. The third-order valence-corrected chi connectivity index (χ3v) is 2.97. The molecule has 3 nitrogen and oxygen atoms in total. The zero-order valence-corrected chi connectivity index (χ0v) is 12.2. The van der Waals surface area contributed by atoms with Crippen LogP contribution in [0.3, 0.4) is 0 Å². The average molecular weight is 280 g/mol. The molecule has 0 radical (unpaired) electrons. The van der Waals surface area contributed by atoms with Gasteiger partial charge in [-0.15, -0.1) is 0 Å². The zero-order valence-electron chi connectivity index (χ0n) is 11.4. The highest BCUT2D eigenvalue weighted by Crippen LogP contribution is 2.09. The van der Waals surface area contributed by atoms with E-state index in [2.05, 4.69) is 24.7 Å². The van der Waals surface area contributed by atoms with E-state index in [0.717, 1.165) is 18.2 Å². The fourth-order valence-corrected chi connectivity index (χ4v) is 1.93. The molecule has 2 rings (SSSR count). The van der Waals surface area contributed by atoms with E-state index < -0.39 is 0 Å². The molecule has 0 atom stereocenters. The SMILES string of the molecule is CC(C)COCn1cc[n+](Cc2ccc(Cl)cc2)c1. The molecule has 0 aliphatic rings. The standard InChI is InChI=1S/C15H20ClN2O/c1-13(2)10-19-12-18-8-7-17(11-18)9-14-3-5-15(16)6-4-14/h3-8,11,13H,9-10,12H2,1-2H3/q+1. The molecule has 1 aromatic heterocycles. The lowest BCUT2D eigenvalue weighted by molar-refractivity contribution is -0.688. The summed E-state index contributed by atoms with van der Waals surface area (Å²) in [6, 6.07) is 7.92. The Bertz CT molecular complexity index is 505. The number of aromatic nitrogens is 2. The van der Waals surface area contributed by atoms with Crippen LogP contribution in [0.25, 0.3) is 0 Å². The highest BCUT2D eigenvalue weighted by Gasteiger charge is 2.05. The number of hydrogen-bond donors (Lipinski definition) is 0. The molecule has 0 aliphatic heterocycles. The van der Waals surface area contributed by atoms with Crippen molar-refractivity contribution in [3.05, 3.63) is 53.6 Å². The number of benzene rings is 1. The van der Waals surface area contributed by atoms with Crippen molar-refractivity contribution in [3.63, 3.8) is 0 Å². The molecule has 19 heavy (non-hydrogen) atoms. The topological polar surface area (TPSA) is 18.0 Å². The van der Waals surface area contributed by atoms with Gasteiger partial charge in [-0.25, -0.2) is 9.13 Å². The van der Waals surface area contributed by atoms with Gasteiger partial charge >= 0.3 is 0 Å². The molecule has 0 spiro atoms. The highest BCUT2D eigenvalue weighted by molar-refractivity contribution is 6.30. The van der Waals surface area contributed by atoms with Crippen molar-refractivity contribution >= 4 is 11.6 Å². The maximum atomic E-state index is 5.87. The highest BCUT2D eigenvalue weighted by atomic mass is 35.5. The summed E-state index contributed by atoms with van der Waals surface area (Å²) >= 11 is 5.87. The molecule has 1 heterocycles. The van der Waals surface area contributed by atoms with E-state index in [-0.39, 0.29) is 0 Å². The van der Waals surface area contributed by atoms with Gasteiger partial charge in [0.1, 0.15) is 18.9 Å². The third-order valence-electron chi connectivity index (χ3n) is 2.72. The lowest BCUT2D eigenvalue weighted by Crippen LogP contribution is -2.31. The van der Waals surface area contributed by atoms with Crippen molar-refractivity contribution in [1.29, 1.82) is 0 Å². The van der Waals surface area contributed by atoms with Gasteiger partial charge in [0.25, 0.3) is 0 Å². The first-order chi connectivity index (χ1) is 9.13. The van der Waals surface area contributed by atoms with Crippen molar-refractivity contribution in [2.75, 3.05) is 6.61 Å². The van der Waals surface area contributed by atoms with E-state index in [9.17, 15) is 0 Å². The van der Waals surface area contributed by atoms with Crippen LogP contribution < -0.4 is 4.57 Å². The van der Waals surface area contributed by atoms with Gasteiger partial charge in [0.15, 0.2) is 6.73 Å². The molecule has 0 amide bonds. The molecule has 2 aromatic rings. The van der Waals surface area contributed by atoms with Gasteiger partial charge in [0.05, 0.1) is 6.61 Å². The number of ether oxygens (including phenoxy) is 1. The molecule has 1 aromatic carbocycles. The summed E-state index contributed by atoms with van der Waals surface area (Å²) in [5, 5.41) is 0.772. The first kappa shape index (κ1) is 14.1. The van der Waals surface area contributed by atoms with Crippen LogP contribution in [0.5, 0.6) is 0 Å². The van der Waals surface area contributed by atoms with Crippen molar-refractivity contribution in [2.24, 2.45) is 5.92 Å². The van der Waals surface area contributed by atoms with Crippen LogP contribution in [-0.4, -0.2) is 11.2 Å². The third kappa shape index (κ3) is 4.69. The van der Waals surface area contributed by atoms with E-state index in [0.29, 0.717) is 12.6 Å². The summed E-state index contributed by atoms with van der Waals surface area (Å²) in [5.74, 6) is 0.566. The van der Waals surface area contributed by atoms with E-state index >= 15 is 0 Å². The quantitative estimate of drug-likeness (QED) is 0.743. The number of nitrogens with zero attached hydrogens (tertiary/aromatic N) is 2. The van der Waals surface area contributed by atoms with Gasteiger partial charge < -0.3 is 4.74 Å². The Balaban J connectivity index is 1.88. The molecule has 0 bridgehead atoms. The number of hydrogen-bond acceptors (Lipinski definition) is 1. The minimum atomic E-state index is 0.566. The Morgan fingerprint density at radius 3 is 2.68 bits per heavy atom. The first-order valence-corrected chi connectivity index (χ1v) is 6.88. The van der Waals surface area contributed by atoms with Gasteiger partial charge in [-0.05, 0) is 23.6 Å². The Morgan fingerprint density at radius 2 is 2.00 bits per heavy atom. The minimum Gasteiger partial charge on any atom is -0.341 e. The second-order valence-electron chi connectivity index (χ2n) is 5.12. The normalized spacial score (nSPS) is 11.2. The minimum absolute atomic E-state index is 0.566. The Morgan fingerprint density at radius 1 is 1.26 bits per heavy atom. The summed E-state index contributed by atoms with van der Waals surface area (Å²) in [5.41, 5.74) is 1.23. The van der Waals surface area contributed by atoms with E-state index in [4.69, 9.17) is 16.3 Å². The van der Waals surface area contributed by atoms with Crippen molar-refractivity contribution in [3.8, 4) is 0 Å². The lowest BCUT2D eigenvalue weighted by Gasteiger charge is -2.03. The Kier molecular flexibility index (Phi) is 5.00. The van der Waals surface area contributed by atoms with Crippen LogP contribution in [0.2, 0.25) is 5.02 Å². The van der Waals surface area contributed by atoms with Crippen LogP contribution in [0.1, 0.15) is 19.4 Å². The molecular formula is C15H20ClN2O+. The second-order valence-corrected chi connectivity index (χ2v) is 5.56. The predicted octanol–water partition coefficient (Wildman–Crippen LogP) is 3.11. The first-order valence-electron chi connectivity index (χ1n) is 6.50. The van der Waals surface area contributed by atoms with Gasteiger partial charge in [-0.2, -0.15) is 0 Å². The molecule has 0 saturated carbocycles. The van der Waals surface area contributed by atoms with Crippen molar-refractivity contribution in [2.45, 2.75) is 27.1 Å². The fraction of sp³-hybridized carbons (Fsp3) is 0.400. The molecule has 0 aliphatic carbocycles. The van der Waals surface area contributed by atoms with Crippen LogP contribution >= 0.6 is 11.6 Å². The summed E-state index contributed by atoms with van der Waals surface area (Å²) in [7, 11) is 0. The van der Waals surface area contributed by atoms with Crippen LogP contribution in [-0.2, 0) is 18.0 Å². The maximum absolute atomic E-state index is 5.87. The zero-order chi connectivity index (χ0) is 13.7. The summed E-state index contributed by atoms with van der Waals surface area (Å²) in [4.78, 5) is 0. The molecule has 0 saturated heterocycles. The smallest absolute Gasteiger partial charge is 0.245 e. The molecule has 102 valence electrons. The number of halogens is 1. The summed E-state index contributed by atoms with van der Waals surface area (Å²) in [6.07, 6.45) is 6.12. The molecular weight excluding hydrogens is 260 g/mol. The second kappa shape index (κ2) is 6.73. The lowest BCUT2D eigenvalue weighted by atomic mass is 10.2. The predicted molar refractivity (Wildman–Crippen MR) is 76.0 cm³/mol. The summed E-state index contributed by atoms with van der Waals surface area (Å²) in [6.45, 7) is 6.53. The monoisotopic (exact) mass is 279 g/mol. The fourth-order valence-electron chi connectivity index (χ4n) is 1.80. The van der Waals surface area contributed by atoms with Crippen LogP contribution in [0.4, 0.5) is 0 Å². The molecule has 0 N–H and O–H groups in total. The van der Waals surface area contributed by atoms with Crippen LogP contribution in [0.15, 0.2) is 43.0 Å². The number of rotatable bonds is 6. The van der Waals surface area contributed by atoms with E-state index in [1.54, 1.807) is 0 Å². The van der Waals surface area contributed by atoms with Gasteiger partial charge in [0.2, 0.25) is 6.33 Å². The molecule has 0 unspecified atom stereocenters. The van der Waals surface area contributed by atoms with Gasteiger partial charge in [0, 0.05) is 5.02 Å². The largest absolute Gasteiger partial charge is 0.341 e. The Hall–Kier alpha value is -1.32.